The minimum Gasteiger partial charge on any atom is -0.329 e. The molecule has 1 aromatic rings. The molecule has 0 amide bonds. The van der Waals surface area contributed by atoms with Crippen LogP contribution in [0.1, 0.15) is 25.5 Å². The average molecular weight is 297 g/mol. The van der Waals surface area contributed by atoms with Crippen molar-refractivity contribution >= 4 is 15.9 Å². The second kappa shape index (κ2) is 5.51. The van der Waals surface area contributed by atoms with E-state index in [0.717, 1.165) is 24.9 Å². The summed E-state index contributed by atoms with van der Waals surface area (Å²) < 4.78 is 1.17. The van der Waals surface area contributed by atoms with E-state index in [0.29, 0.717) is 12.6 Å². The average Bonchev–Trinajstić information content (AvgIpc) is 2.63. The van der Waals surface area contributed by atoms with Crippen molar-refractivity contribution in [3.05, 3.63) is 34.3 Å². The van der Waals surface area contributed by atoms with Crippen LogP contribution in [0.3, 0.4) is 0 Å². The van der Waals surface area contributed by atoms with Gasteiger partial charge < -0.3 is 5.73 Å². The Labute approximate surface area is 112 Å². The zero-order valence-corrected chi connectivity index (χ0v) is 12.2. The minimum absolute atomic E-state index is 0.345. The molecule has 0 bridgehead atoms. The van der Waals surface area contributed by atoms with Gasteiger partial charge >= 0.3 is 0 Å². The van der Waals surface area contributed by atoms with Crippen LogP contribution in [0.15, 0.2) is 28.7 Å². The third-order valence-electron chi connectivity index (χ3n) is 3.94. The summed E-state index contributed by atoms with van der Waals surface area (Å²) in [6.45, 7) is 7.66. The number of rotatable bonds is 3. The molecule has 2 N–H and O–H groups in total. The van der Waals surface area contributed by atoms with Crippen LogP contribution >= 0.6 is 15.9 Å². The van der Waals surface area contributed by atoms with Crippen molar-refractivity contribution in [3.63, 3.8) is 0 Å². The Hall–Kier alpha value is -0.380. The van der Waals surface area contributed by atoms with Gasteiger partial charge in [0.05, 0.1) is 0 Å². The molecule has 1 aromatic carbocycles. The van der Waals surface area contributed by atoms with Crippen LogP contribution in [-0.2, 0) is 0 Å². The van der Waals surface area contributed by atoms with Crippen molar-refractivity contribution < 1.29 is 0 Å². The Morgan fingerprint density at radius 3 is 2.41 bits per heavy atom. The first-order valence-corrected chi connectivity index (χ1v) is 7.11. The standard InChI is InChI=1S/C14H21BrN2/c1-10-8-17(9-11(10)2)14(7-16)12-5-3-4-6-13(12)15/h3-6,10-11,14H,7-9,16H2,1-2H3. The molecule has 0 radical (unpaired) electrons. The lowest BCUT2D eigenvalue weighted by atomic mass is 10.0. The van der Waals surface area contributed by atoms with Gasteiger partial charge in [-0.05, 0) is 23.5 Å². The summed E-state index contributed by atoms with van der Waals surface area (Å²) in [6.07, 6.45) is 0. The number of halogens is 1. The number of nitrogens with two attached hydrogens (primary N) is 1. The Balaban J connectivity index is 2.20. The normalized spacial score (nSPS) is 27.3. The minimum atomic E-state index is 0.345. The zero-order chi connectivity index (χ0) is 12.4. The number of hydrogen-bond acceptors (Lipinski definition) is 2. The summed E-state index contributed by atoms with van der Waals surface area (Å²) in [5, 5.41) is 0. The predicted octanol–water partition coefficient (Wildman–Crippen LogP) is 3.04. The van der Waals surface area contributed by atoms with Gasteiger partial charge in [0.15, 0.2) is 0 Å². The van der Waals surface area contributed by atoms with Crippen molar-refractivity contribution in [2.24, 2.45) is 17.6 Å². The van der Waals surface area contributed by atoms with E-state index in [1.807, 2.05) is 0 Å². The molecule has 17 heavy (non-hydrogen) atoms. The van der Waals surface area contributed by atoms with E-state index in [1.165, 1.54) is 10.0 Å². The van der Waals surface area contributed by atoms with Crippen molar-refractivity contribution in [3.8, 4) is 0 Å². The molecule has 0 spiro atoms. The van der Waals surface area contributed by atoms with Crippen LogP contribution in [-0.4, -0.2) is 24.5 Å². The van der Waals surface area contributed by atoms with E-state index in [9.17, 15) is 0 Å². The molecule has 1 heterocycles. The second-order valence-corrected chi connectivity index (χ2v) is 6.04. The van der Waals surface area contributed by atoms with Crippen LogP contribution in [0.2, 0.25) is 0 Å². The third kappa shape index (κ3) is 2.72. The Kier molecular flexibility index (Phi) is 4.23. The van der Waals surface area contributed by atoms with E-state index in [1.54, 1.807) is 0 Å². The topological polar surface area (TPSA) is 29.3 Å². The van der Waals surface area contributed by atoms with Gasteiger partial charge in [-0.25, -0.2) is 0 Å². The lowest BCUT2D eigenvalue weighted by Crippen LogP contribution is -2.32. The van der Waals surface area contributed by atoms with Crippen LogP contribution < -0.4 is 5.73 Å². The predicted molar refractivity (Wildman–Crippen MR) is 75.8 cm³/mol. The van der Waals surface area contributed by atoms with Gasteiger partial charge in [0.25, 0.3) is 0 Å². The van der Waals surface area contributed by atoms with Crippen molar-refractivity contribution in [1.82, 2.24) is 4.90 Å². The highest BCUT2D eigenvalue weighted by molar-refractivity contribution is 9.10. The molecule has 0 aliphatic carbocycles. The van der Waals surface area contributed by atoms with Crippen LogP contribution in [0, 0.1) is 11.8 Å². The first-order chi connectivity index (χ1) is 8.13. The Morgan fingerprint density at radius 1 is 1.29 bits per heavy atom. The molecule has 1 fully saturated rings. The van der Waals surface area contributed by atoms with E-state index in [2.05, 4.69) is 58.9 Å². The molecule has 2 nitrogen and oxygen atoms in total. The fraction of sp³-hybridized carbons (Fsp3) is 0.571. The number of benzene rings is 1. The Bertz CT molecular complexity index is 370. The molecule has 0 saturated carbocycles. The van der Waals surface area contributed by atoms with Gasteiger partial charge in [-0.2, -0.15) is 0 Å². The van der Waals surface area contributed by atoms with E-state index < -0.39 is 0 Å². The molecule has 1 aliphatic heterocycles. The molecule has 1 saturated heterocycles. The second-order valence-electron chi connectivity index (χ2n) is 5.18. The van der Waals surface area contributed by atoms with E-state index in [4.69, 9.17) is 5.73 Å². The highest BCUT2D eigenvalue weighted by Crippen LogP contribution is 2.33. The summed E-state index contributed by atoms with van der Waals surface area (Å²) in [7, 11) is 0. The van der Waals surface area contributed by atoms with Gasteiger partial charge in [-0.1, -0.05) is 48.0 Å². The maximum atomic E-state index is 5.98. The van der Waals surface area contributed by atoms with Crippen LogP contribution in [0.5, 0.6) is 0 Å². The van der Waals surface area contributed by atoms with Crippen LogP contribution in [0.25, 0.3) is 0 Å². The maximum Gasteiger partial charge on any atom is 0.0481 e. The molecule has 0 aromatic heterocycles. The molecule has 3 heteroatoms. The molecule has 1 aliphatic rings. The van der Waals surface area contributed by atoms with Gasteiger partial charge in [0.1, 0.15) is 0 Å². The number of nitrogens with zero attached hydrogens (tertiary/aromatic N) is 1. The summed E-state index contributed by atoms with van der Waals surface area (Å²) in [5.74, 6) is 1.54. The lowest BCUT2D eigenvalue weighted by molar-refractivity contribution is 0.239. The molecule has 94 valence electrons. The van der Waals surface area contributed by atoms with E-state index in [-0.39, 0.29) is 0 Å². The fourth-order valence-corrected chi connectivity index (χ4v) is 3.20. The fourth-order valence-electron chi connectivity index (χ4n) is 2.65. The summed E-state index contributed by atoms with van der Waals surface area (Å²) in [6, 6.07) is 8.76. The highest BCUT2D eigenvalue weighted by Gasteiger charge is 2.31. The van der Waals surface area contributed by atoms with Crippen LogP contribution in [0.4, 0.5) is 0 Å². The van der Waals surface area contributed by atoms with Gasteiger partial charge in [-0.15, -0.1) is 0 Å². The largest absolute Gasteiger partial charge is 0.329 e. The maximum absolute atomic E-state index is 5.98. The van der Waals surface area contributed by atoms with Crippen molar-refractivity contribution in [2.45, 2.75) is 19.9 Å². The molecule has 3 atom stereocenters. The quantitative estimate of drug-likeness (QED) is 0.929. The van der Waals surface area contributed by atoms with Gasteiger partial charge in [-0.3, -0.25) is 4.90 Å². The van der Waals surface area contributed by atoms with Crippen molar-refractivity contribution in [2.75, 3.05) is 19.6 Å². The number of likely N-dealkylation sites (tertiary alicyclic amines) is 1. The monoisotopic (exact) mass is 296 g/mol. The summed E-state index contributed by atoms with van der Waals surface area (Å²) in [5.41, 5.74) is 7.30. The first-order valence-electron chi connectivity index (χ1n) is 6.32. The van der Waals surface area contributed by atoms with Gasteiger partial charge in [0.2, 0.25) is 0 Å². The number of hydrogen-bond donors (Lipinski definition) is 1. The molecular formula is C14H21BrN2. The summed E-state index contributed by atoms with van der Waals surface area (Å²) >= 11 is 3.63. The smallest absolute Gasteiger partial charge is 0.0481 e. The highest BCUT2D eigenvalue weighted by atomic mass is 79.9. The zero-order valence-electron chi connectivity index (χ0n) is 10.6. The SMILES string of the molecule is CC1CN(C(CN)c2ccccc2Br)CC1C. The molecule has 3 unspecified atom stereocenters. The lowest BCUT2D eigenvalue weighted by Gasteiger charge is -2.28. The van der Waals surface area contributed by atoms with Crippen molar-refractivity contribution in [1.29, 1.82) is 0 Å². The summed E-state index contributed by atoms with van der Waals surface area (Å²) in [4.78, 5) is 2.52. The van der Waals surface area contributed by atoms with Gasteiger partial charge in [0, 0.05) is 30.1 Å². The third-order valence-corrected chi connectivity index (χ3v) is 4.67. The Morgan fingerprint density at radius 2 is 1.88 bits per heavy atom. The first kappa shape index (κ1) is 13.1. The molecular weight excluding hydrogens is 276 g/mol. The molecule has 2 rings (SSSR count). The van der Waals surface area contributed by atoms with E-state index >= 15 is 0 Å².